The molecule has 0 radical (unpaired) electrons. The maximum Gasteiger partial charge on any atom is 0.235 e. The highest BCUT2D eigenvalue weighted by molar-refractivity contribution is 7.92. The van der Waals surface area contributed by atoms with E-state index in [-0.39, 0.29) is 0 Å². The van der Waals surface area contributed by atoms with E-state index in [1.807, 2.05) is 0 Å². The third-order valence-corrected chi connectivity index (χ3v) is 4.20. The molecule has 0 heterocycles. The lowest BCUT2D eigenvalue weighted by Gasteiger charge is -2.13. The minimum absolute atomic E-state index is 0.420. The summed E-state index contributed by atoms with van der Waals surface area (Å²) in [5, 5.41) is 1.81. The number of nitrogens with two attached hydrogens (primary N) is 1. The third kappa shape index (κ3) is 4.78. The van der Waals surface area contributed by atoms with Gasteiger partial charge in [-0.3, -0.25) is 0 Å². The molecule has 0 aliphatic carbocycles. The van der Waals surface area contributed by atoms with Gasteiger partial charge in [-0.25, -0.2) is 12.7 Å². The molecule has 0 aliphatic rings. The van der Waals surface area contributed by atoms with E-state index in [0.29, 0.717) is 24.5 Å². The van der Waals surface area contributed by atoms with Crippen LogP contribution in [0.3, 0.4) is 0 Å². The predicted octanol–water partition coefficient (Wildman–Crippen LogP) is 1.92. The zero-order valence-electron chi connectivity index (χ0n) is 10.2. The molecule has 0 aromatic heterocycles. The first-order chi connectivity index (χ1) is 8.45. The second-order valence-corrected chi connectivity index (χ2v) is 6.22. The number of nitrogens with zero attached hydrogens (tertiary/aromatic N) is 1. The quantitative estimate of drug-likeness (QED) is 0.870. The van der Waals surface area contributed by atoms with Gasteiger partial charge in [0.2, 0.25) is 10.0 Å². The fraction of sp³-hybridized carbons (Fsp3) is 0.333. The molecule has 0 bridgehead atoms. The maximum absolute atomic E-state index is 11.8. The number of hydrogen-bond acceptors (Lipinski definition) is 3. The van der Waals surface area contributed by atoms with Gasteiger partial charge in [0.1, 0.15) is 0 Å². The molecule has 1 aromatic carbocycles. The van der Waals surface area contributed by atoms with E-state index in [4.69, 9.17) is 17.3 Å². The first kappa shape index (κ1) is 15.2. The standard InChI is InChI=1S/C12H17ClN2O2S/c1-15(9-2-8-14)18(16,17)10-7-11-3-5-12(13)6-4-11/h3-7,10H,2,8-9,14H2,1H3/b10-7+. The fourth-order valence-electron chi connectivity index (χ4n) is 1.28. The number of hydrogen-bond donors (Lipinski definition) is 1. The summed E-state index contributed by atoms with van der Waals surface area (Å²) >= 11 is 5.75. The molecule has 1 rings (SSSR count). The molecule has 0 aliphatic heterocycles. The average molecular weight is 289 g/mol. The Bertz CT molecular complexity index is 497. The lowest BCUT2D eigenvalue weighted by atomic mass is 10.2. The summed E-state index contributed by atoms with van der Waals surface area (Å²) < 4.78 is 25.0. The van der Waals surface area contributed by atoms with Crippen LogP contribution in [0, 0.1) is 0 Å². The Morgan fingerprint density at radius 3 is 2.50 bits per heavy atom. The normalized spacial score (nSPS) is 12.4. The summed E-state index contributed by atoms with van der Waals surface area (Å²) in [6, 6.07) is 6.94. The van der Waals surface area contributed by atoms with Crippen LogP contribution in [-0.4, -0.2) is 32.9 Å². The van der Waals surface area contributed by atoms with Crippen LogP contribution in [0.1, 0.15) is 12.0 Å². The van der Waals surface area contributed by atoms with Crippen molar-refractivity contribution >= 4 is 27.7 Å². The number of rotatable bonds is 6. The van der Waals surface area contributed by atoms with Crippen molar-refractivity contribution in [2.75, 3.05) is 20.1 Å². The lowest BCUT2D eigenvalue weighted by Crippen LogP contribution is -2.27. The minimum Gasteiger partial charge on any atom is -0.330 e. The smallest absolute Gasteiger partial charge is 0.235 e. The third-order valence-electron chi connectivity index (χ3n) is 2.41. The van der Waals surface area contributed by atoms with Crippen LogP contribution in [0.4, 0.5) is 0 Å². The van der Waals surface area contributed by atoms with Gasteiger partial charge in [0, 0.05) is 24.0 Å². The highest BCUT2D eigenvalue weighted by Gasteiger charge is 2.12. The highest BCUT2D eigenvalue weighted by Crippen LogP contribution is 2.12. The fourth-order valence-corrected chi connectivity index (χ4v) is 2.33. The van der Waals surface area contributed by atoms with Gasteiger partial charge in [0.25, 0.3) is 0 Å². The zero-order valence-corrected chi connectivity index (χ0v) is 11.8. The Morgan fingerprint density at radius 1 is 1.33 bits per heavy atom. The van der Waals surface area contributed by atoms with Crippen molar-refractivity contribution in [1.29, 1.82) is 0 Å². The van der Waals surface area contributed by atoms with Gasteiger partial charge in [0.05, 0.1) is 0 Å². The molecule has 1 aromatic rings. The van der Waals surface area contributed by atoms with Gasteiger partial charge in [-0.05, 0) is 36.7 Å². The summed E-state index contributed by atoms with van der Waals surface area (Å²) in [5.74, 6) is 0. The largest absolute Gasteiger partial charge is 0.330 e. The molecule has 100 valence electrons. The summed E-state index contributed by atoms with van der Waals surface area (Å²) in [7, 11) is -1.84. The van der Waals surface area contributed by atoms with E-state index in [0.717, 1.165) is 5.56 Å². The molecule has 0 unspecified atom stereocenters. The van der Waals surface area contributed by atoms with Crippen molar-refractivity contribution in [2.24, 2.45) is 5.73 Å². The summed E-state index contributed by atoms with van der Waals surface area (Å²) in [5.41, 5.74) is 6.13. The first-order valence-corrected chi connectivity index (χ1v) is 7.44. The molecule has 4 nitrogen and oxygen atoms in total. The Hall–Kier alpha value is -0.880. The number of sulfonamides is 1. The van der Waals surface area contributed by atoms with Gasteiger partial charge in [-0.2, -0.15) is 0 Å². The van der Waals surface area contributed by atoms with Crippen molar-refractivity contribution in [3.63, 3.8) is 0 Å². The maximum atomic E-state index is 11.8. The number of halogens is 1. The van der Waals surface area contributed by atoms with Crippen LogP contribution in [0.15, 0.2) is 29.7 Å². The van der Waals surface area contributed by atoms with Crippen LogP contribution in [0.25, 0.3) is 6.08 Å². The molecule has 2 N–H and O–H groups in total. The second kappa shape index (κ2) is 6.89. The van der Waals surface area contributed by atoms with Gasteiger partial charge < -0.3 is 5.73 Å². The van der Waals surface area contributed by atoms with E-state index in [1.165, 1.54) is 16.8 Å². The highest BCUT2D eigenvalue weighted by atomic mass is 35.5. The summed E-state index contributed by atoms with van der Waals surface area (Å²) in [4.78, 5) is 0. The van der Waals surface area contributed by atoms with Crippen LogP contribution < -0.4 is 5.73 Å². The summed E-state index contributed by atoms with van der Waals surface area (Å²) in [6.45, 7) is 0.893. The van der Waals surface area contributed by atoms with Crippen molar-refractivity contribution in [1.82, 2.24) is 4.31 Å². The Kier molecular flexibility index (Phi) is 5.81. The number of benzene rings is 1. The second-order valence-electron chi connectivity index (χ2n) is 3.86. The minimum atomic E-state index is -3.38. The molecule has 0 saturated heterocycles. The van der Waals surface area contributed by atoms with E-state index < -0.39 is 10.0 Å². The van der Waals surface area contributed by atoms with Crippen LogP contribution in [0.5, 0.6) is 0 Å². The monoisotopic (exact) mass is 288 g/mol. The Labute approximate surface area is 113 Å². The van der Waals surface area contributed by atoms with E-state index in [2.05, 4.69) is 0 Å². The first-order valence-electron chi connectivity index (χ1n) is 5.56. The van der Waals surface area contributed by atoms with Crippen LogP contribution >= 0.6 is 11.6 Å². The molecule has 18 heavy (non-hydrogen) atoms. The molecule has 6 heteroatoms. The SMILES string of the molecule is CN(CCCN)S(=O)(=O)/C=C/c1ccc(Cl)cc1. The molecule has 0 atom stereocenters. The van der Waals surface area contributed by atoms with E-state index in [9.17, 15) is 8.42 Å². The van der Waals surface area contributed by atoms with Crippen molar-refractivity contribution in [3.8, 4) is 0 Å². The Morgan fingerprint density at radius 2 is 1.94 bits per heavy atom. The topological polar surface area (TPSA) is 63.4 Å². The van der Waals surface area contributed by atoms with E-state index in [1.54, 1.807) is 30.3 Å². The van der Waals surface area contributed by atoms with Crippen molar-refractivity contribution in [3.05, 3.63) is 40.3 Å². The van der Waals surface area contributed by atoms with Crippen LogP contribution in [-0.2, 0) is 10.0 Å². The molecule has 0 spiro atoms. The van der Waals surface area contributed by atoms with Gasteiger partial charge in [-0.1, -0.05) is 23.7 Å². The summed E-state index contributed by atoms with van der Waals surface area (Å²) in [6.07, 6.45) is 2.19. The average Bonchev–Trinajstić information content (AvgIpc) is 2.35. The molecular formula is C12H17ClN2O2S. The van der Waals surface area contributed by atoms with E-state index >= 15 is 0 Å². The molecule has 0 fully saturated rings. The molecule has 0 amide bonds. The predicted molar refractivity (Wildman–Crippen MR) is 75.7 cm³/mol. The molecular weight excluding hydrogens is 272 g/mol. The van der Waals surface area contributed by atoms with Gasteiger partial charge in [0.15, 0.2) is 0 Å². The van der Waals surface area contributed by atoms with Crippen molar-refractivity contribution < 1.29 is 8.42 Å². The van der Waals surface area contributed by atoms with Gasteiger partial charge in [-0.15, -0.1) is 0 Å². The van der Waals surface area contributed by atoms with Crippen LogP contribution in [0.2, 0.25) is 5.02 Å². The molecule has 0 saturated carbocycles. The zero-order chi connectivity index (χ0) is 13.6. The Balaban J connectivity index is 2.73. The van der Waals surface area contributed by atoms with Crippen molar-refractivity contribution in [2.45, 2.75) is 6.42 Å². The lowest BCUT2D eigenvalue weighted by molar-refractivity contribution is 0.471. The van der Waals surface area contributed by atoms with Gasteiger partial charge >= 0.3 is 0 Å².